The number of carbonyl (C=O) groups excluding carboxylic acids is 1. The van der Waals surface area contributed by atoms with E-state index < -0.39 is 18.0 Å². The highest BCUT2D eigenvalue weighted by Gasteiger charge is 2.31. The van der Waals surface area contributed by atoms with Crippen LogP contribution in [0.15, 0.2) is 78.2 Å². The summed E-state index contributed by atoms with van der Waals surface area (Å²) in [6, 6.07) is 22.0. The molecule has 1 aliphatic rings. The normalized spacial score (nSPS) is 15.6. The van der Waals surface area contributed by atoms with Crippen molar-refractivity contribution < 1.29 is 19.0 Å². The number of benzene rings is 3. The summed E-state index contributed by atoms with van der Waals surface area (Å²) in [4.78, 5) is 12.7. The molecule has 178 valence electrons. The van der Waals surface area contributed by atoms with Gasteiger partial charge in [-0.2, -0.15) is 5.26 Å². The first-order valence-corrected chi connectivity index (χ1v) is 11.6. The van der Waals surface area contributed by atoms with Gasteiger partial charge in [-0.3, -0.25) is 0 Å². The second-order valence-electron chi connectivity index (χ2n) is 8.58. The number of nitrogens with zero attached hydrogens (tertiary/aromatic N) is 1. The zero-order valence-electron chi connectivity index (χ0n) is 19.6. The van der Waals surface area contributed by atoms with Crippen LogP contribution < -0.4 is 19.9 Å². The van der Waals surface area contributed by atoms with E-state index >= 15 is 0 Å². The van der Waals surface area contributed by atoms with Crippen molar-refractivity contribution in [1.29, 1.82) is 5.26 Å². The number of rotatable bonds is 6. The number of hydrogen-bond acceptors (Lipinski definition) is 6. The lowest BCUT2D eigenvalue weighted by atomic mass is 9.83. The molecule has 0 amide bonds. The van der Waals surface area contributed by atoms with Gasteiger partial charge in [-0.15, -0.1) is 0 Å². The van der Waals surface area contributed by atoms with Crippen molar-refractivity contribution in [2.75, 3.05) is 0 Å². The molecule has 35 heavy (non-hydrogen) atoms. The minimum atomic E-state index is -0.828. The first-order valence-electron chi connectivity index (χ1n) is 11.2. The van der Waals surface area contributed by atoms with Gasteiger partial charge in [-0.1, -0.05) is 55.8 Å². The molecule has 7 heteroatoms. The summed E-state index contributed by atoms with van der Waals surface area (Å²) in [5.74, 6) is 0.648. The van der Waals surface area contributed by atoms with Gasteiger partial charge in [-0.25, -0.2) is 4.79 Å². The van der Waals surface area contributed by atoms with E-state index in [1.807, 2.05) is 36.4 Å². The van der Waals surface area contributed by atoms with Crippen LogP contribution in [-0.2, 0) is 4.79 Å². The zero-order valence-corrected chi connectivity index (χ0v) is 20.4. The Kier molecular flexibility index (Phi) is 6.99. The SMILES string of the molecule is CC(Oc1ccc(C(C)C)cc1)C(=O)Oc1ccc2c(c1)OC(N)=C(C#N)C2c1cccc(Cl)c1. The number of allylic oxidation sites excluding steroid dienone is 1. The lowest BCUT2D eigenvalue weighted by Gasteiger charge is -2.27. The Morgan fingerprint density at radius 3 is 2.43 bits per heavy atom. The molecule has 0 fully saturated rings. The zero-order chi connectivity index (χ0) is 25.1. The van der Waals surface area contributed by atoms with E-state index in [1.54, 1.807) is 37.3 Å². The topological polar surface area (TPSA) is 94.6 Å². The number of carbonyl (C=O) groups is 1. The van der Waals surface area contributed by atoms with Gasteiger partial charge in [0.15, 0.2) is 6.10 Å². The van der Waals surface area contributed by atoms with Gasteiger partial charge in [0.1, 0.15) is 28.9 Å². The molecule has 2 unspecified atom stereocenters. The third-order valence-electron chi connectivity index (χ3n) is 5.78. The van der Waals surface area contributed by atoms with Gasteiger partial charge < -0.3 is 19.9 Å². The Balaban J connectivity index is 1.53. The number of fused-ring (bicyclic) bond motifs is 1. The maximum atomic E-state index is 12.7. The second-order valence-corrected chi connectivity index (χ2v) is 9.02. The van der Waals surface area contributed by atoms with E-state index in [4.69, 9.17) is 31.5 Å². The second kappa shape index (κ2) is 10.1. The fraction of sp³-hybridized carbons (Fsp3) is 0.214. The van der Waals surface area contributed by atoms with Gasteiger partial charge in [0.2, 0.25) is 5.88 Å². The minimum absolute atomic E-state index is 0.00463. The number of halogens is 1. The van der Waals surface area contributed by atoms with Crippen LogP contribution >= 0.6 is 11.6 Å². The highest BCUT2D eigenvalue weighted by Crippen LogP contribution is 2.43. The number of hydrogen-bond donors (Lipinski definition) is 1. The summed E-state index contributed by atoms with van der Waals surface area (Å²) < 4.78 is 17.0. The molecule has 0 aromatic heterocycles. The predicted octanol–water partition coefficient (Wildman–Crippen LogP) is 6.05. The largest absolute Gasteiger partial charge is 0.479 e. The number of nitriles is 1. The lowest BCUT2D eigenvalue weighted by molar-refractivity contribution is -0.141. The molecule has 2 atom stereocenters. The van der Waals surface area contributed by atoms with Crippen LogP contribution in [0.2, 0.25) is 5.02 Å². The van der Waals surface area contributed by atoms with Gasteiger partial charge in [-0.05, 0) is 54.3 Å². The molecule has 1 heterocycles. The molecular weight excluding hydrogens is 464 g/mol. The maximum absolute atomic E-state index is 12.7. The van der Waals surface area contributed by atoms with E-state index in [2.05, 4.69) is 19.9 Å². The highest BCUT2D eigenvalue weighted by molar-refractivity contribution is 6.30. The molecule has 4 rings (SSSR count). The monoisotopic (exact) mass is 488 g/mol. The number of esters is 1. The first kappa shape index (κ1) is 24.2. The summed E-state index contributed by atoms with van der Waals surface area (Å²) in [5, 5.41) is 10.2. The molecule has 6 nitrogen and oxygen atoms in total. The Labute approximate surface area is 209 Å². The van der Waals surface area contributed by atoms with Crippen molar-refractivity contribution in [2.45, 2.75) is 38.7 Å². The van der Waals surface area contributed by atoms with Crippen LogP contribution in [0.4, 0.5) is 0 Å². The van der Waals surface area contributed by atoms with E-state index in [0.29, 0.717) is 28.0 Å². The fourth-order valence-electron chi connectivity index (χ4n) is 3.91. The van der Waals surface area contributed by atoms with Gasteiger partial charge in [0.25, 0.3) is 0 Å². The van der Waals surface area contributed by atoms with Crippen LogP contribution in [0, 0.1) is 11.3 Å². The minimum Gasteiger partial charge on any atom is -0.479 e. The summed E-state index contributed by atoms with van der Waals surface area (Å²) in [6.45, 7) is 5.85. The standard InChI is InChI=1S/C28H25ClN2O4/c1-16(2)18-7-9-21(10-8-18)33-17(3)28(32)34-22-11-12-23-25(14-22)35-27(31)24(15-30)26(23)19-5-4-6-20(29)13-19/h4-14,16-17,26H,31H2,1-3H3. The van der Waals surface area contributed by atoms with Crippen molar-refractivity contribution in [1.82, 2.24) is 0 Å². The Bertz CT molecular complexity index is 1330. The third kappa shape index (κ3) is 5.26. The Morgan fingerprint density at radius 1 is 1.06 bits per heavy atom. The molecule has 0 bridgehead atoms. The average molecular weight is 489 g/mol. The Morgan fingerprint density at radius 2 is 1.77 bits per heavy atom. The highest BCUT2D eigenvalue weighted by atomic mass is 35.5. The van der Waals surface area contributed by atoms with E-state index in [9.17, 15) is 10.1 Å². The number of ether oxygens (including phenoxy) is 3. The summed E-state index contributed by atoms with van der Waals surface area (Å²) >= 11 is 6.18. The molecule has 3 aromatic rings. The number of nitrogens with two attached hydrogens (primary N) is 1. The molecule has 0 saturated carbocycles. The third-order valence-corrected chi connectivity index (χ3v) is 6.02. The molecule has 2 N–H and O–H groups in total. The van der Waals surface area contributed by atoms with Gasteiger partial charge in [0.05, 0.1) is 5.92 Å². The van der Waals surface area contributed by atoms with Crippen molar-refractivity contribution >= 4 is 17.6 Å². The smallest absolute Gasteiger partial charge is 0.352 e. The van der Waals surface area contributed by atoms with Crippen LogP contribution in [0.25, 0.3) is 0 Å². The van der Waals surface area contributed by atoms with Gasteiger partial charge >= 0.3 is 5.97 Å². The quantitative estimate of drug-likeness (QED) is 0.335. The van der Waals surface area contributed by atoms with Gasteiger partial charge in [0, 0.05) is 16.7 Å². The summed E-state index contributed by atoms with van der Waals surface area (Å²) in [5.41, 5.74) is 9.05. The first-order chi connectivity index (χ1) is 16.8. The van der Waals surface area contributed by atoms with Crippen molar-refractivity contribution in [3.05, 3.63) is 99.9 Å². The van der Waals surface area contributed by atoms with E-state index in [1.165, 1.54) is 5.56 Å². The van der Waals surface area contributed by atoms with E-state index in [-0.39, 0.29) is 17.2 Å². The fourth-order valence-corrected chi connectivity index (χ4v) is 4.11. The molecule has 1 aliphatic heterocycles. The van der Waals surface area contributed by atoms with Crippen LogP contribution in [0.5, 0.6) is 17.2 Å². The Hall–Kier alpha value is -3.95. The molecule has 0 aliphatic carbocycles. The summed E-state index contributed by atoms with van der Waals surface area (Å²) in [7, 11) is 0. The maximum Gasteiger partial charge on any atom is 0.352 e. The van der Waals surface area contributed by atoms with Crippen molar-refractivity contribution in [3.8, 4) is 23.3 Å². The van der Waals surface area contributed by atoms with Crippen LogP contribution in [0.1, 0.15) is 49.3 Å². The molecule has 0 radical (unpaired) electrons. The molecule has 3 aromatic carbocycles. The summed E-state index contributed by atoms with van der Waals surface area (Å²) in [6.07, 6.45) is -0.828. The average Bonchev–Trinajstić information content (AvgIpc) is 2.83. The lowest BCUT2D eigenvalue weighted by Crippen LogP contribution is -2.28. The van der Waals surface area contributed by atoms with Crippen LogP contribution in [0.3, 0.4) is 0 Å². The molecule has 0 saturated heterocycles. The predicted molar refractivity (Wildman–Crippen MR) is 133 cm³/mol. The van der Waals surface area contributed by atoms with Crippen molar-refractivity contribution in [3.63, 3.8) is 0 Å². The molecular formula is C28H25ClN2O4. The molecule has 0 spiro atoms. The van der Waals surface area contributed by atoms with Crippen molar-refractivity contribution in [2.24, 2.45) is 5.73 Å². The van der Waals surface area contributed by atoms with Crippen LogP contribution in [-0.4, -0.2) is 12.1 Å². The van der Waals surface area contributed by atoms with E-state index in [0.717, 1.165) is 5.56 Å².